The van der Waals surface area contributed by atoms with Crippen LogP contribution in [0, 0.1) is 0 Å². The smallest absolute Gasteiger partial charge is 0.323 e. The van der Waals surface area contributed by atoms with Gasteiger partial charge in [-0.1, -0.05) is 46.0 Å². The van der Waals surface area contributed by atoms with Crippen molar-refractivity contribution in [2.75, 3.05) is 6.54 Å². The predicted octanol–water partition coefficient (Wildman–Crippen LogP) is 1.16. The first-order valence-corrected chi connectivity index (χ1v) is 10.4. The minimum atomic E-state index is -0.992. The van der Waals surface area contributed by atoms with E-state index < -0.39 is 47.4 Å². The lowest BCUT2D eigenvalue weighted by Crippen LogP contribution is -2.53. The molecule has 160 valence electrons. The van der Waals surface area contributed by atoms with Crippen LogP contribution in [0.1, 0.15) is 71.6 Å². The van der Waals surface area contributed by atoms with Crippen LogP contribution in [0.15, 0.2) is 0 Å². The Morgan fingerprint density at radius 3 is 2.14 bits per heavy atom. The van der Waals surface area contributed by atoms with Gasteiger partial charge in [-0.25, -0.2) is 9.59 Å². The lowest BCUT2D eigenvalue weighted by atomic mass is 9.82. The molecule has 3 N–H and O–H groups in total. The maximum Gasteiger partial charge on any atom is 0.344 e. The zero-order chi connectivity index (χ0) is 21.2. The molecule has 0 unspecified atom stereocenters. The number of urea groups is 2. The highest BCUT2D eigenvalue weighted by molar-refractivity contribution is 6.10. The summed E-state index contributed by atoms with van der Waals surface area (Å²) in [6, 6.07) is -1.32. The van der Waals surface area contributed by atoms with Crippen LogP contribution in [0.3, 0.4) is 0 Å². The van der Waals surface area contributed by atoms with Crippen LogP contribution in [0.2, 0.25) is 0 Å². The second-order valence-corrected chi connectivity index (χ2v) is 8.15. The van der Waals surface area contributed by atoms with Crippen LogP contribution >= 0.6 is 0 Å². The molecule has 3 fully saturated rings. The fourth-order valence-electron chi connectivity index (χ4n) is 4.66. The van der Waals surface area contributed by atoms with Gasteiger partial charge in [-0.15, -0.1) is 0 Å². The highest BCUT2D eigenvalue weighted by atomic mass is 16.2. The minimum Gasteiger partial charge on any atom is -0.323 e. The molecule has 0 bridgehead atoms. The van der Waals surface area contributed by atoms with Gasteiger partial charge >= 0.3 is 12.1 Å². The third-order valence-corrected chi connectivity index (χ3v) is 6.01. The quantitative estimate of drug-likeness (QED) is 0.546. The van der Waals surface area contributed by atoms with Crippen molar-refractivity contribution in [2.24, 2.45) is 0 Å². The number of imide groups is 2. The highest BCUT2D eigenvalue weighted by Crippen LogP contribution is 2.33. The summed E-state index contributed by atoms with van der Waals surface area (Å²) in [5, 5.41) is 6.10. The fraction of sp³-hybridized carbons (Fsp3) is 0.737. The van der Waals surface area contributed by atoms with Crippen LogP contribution in [-0.4, -0.2) is 57.3 Å². The van der Waals surface area contributed by atoms with E-state index >= 15 is 0 Å². The summed E-state index contributed by atoms with van der Waals surface area (Å²) in [6.45, 7) is 3.29. The van der Waals surface area contributed by atoms with Gasteiger partial charge in [0.25, 0.3) is 17.7 Å². The van der Waals surface area contributed by atoms with Gasteiger partial charge in [0.1, 0.15) is 17.6 Å². The fourth-order valence-corrected chi connectivity index (χ4v) is 4.66. The average Bonchev–Trinajstić information content (AvgIpc) is 3.03. The van der Waals surface area contributed by atoms with E-state index in [0.717, 1.165) is 24.2 Å². The molecule has 0 atom stereocenters. The number of nitrogens with zero attached hydrogens (tertiary/aromatic N) is 2. The number of hydrogen-bond acceptors (Lipinski definition) is 5. The van der Waals surface area contributed by atoms with Crippen LogP contribution in [0.4, 0.5) is 9.59 Å². The first-order chi connectivity index (χ1) is 13.8. The molecule has 3 aliphatic rings. The number of hydrogen-bond donors (Lipinski definition) is 3. The number of carbonyl (C=O) groups excluding carboxylic acids is 5. The predicted molar refractivity (Wildman–Crippen MR) is 102 cm³/mol. The molecule has 0 aromatic carbocycles. The monoisotopic (exact) mass is 407 g/mol. The summed E-state index contributed by atoms with van der Waals surface area (Å²) in [5.74, 6) is -1.70. The summed E-state index contributed by atoms with van der Waals surface area (Å²) < 4.78 is 0. The molecule has 7 amide bonds. The molecule has 1 spiro atoms. The number of carbonyl (C=O) groups is 5. The van der Waals surface area contributed by atoms with E-state index in [1.807, 2.05) is 13.8 Å². The first-order valence-electron chi connectivity index (χ1n) is 10.4. The number of rotatable bonds is 7. The third-order valence-electron chi connectivity index (χ3n) is 6.01. The molecule has 0 radical (unpaired) electrons. The van der Waals surface area contributed by atoms with Crippen molar-refractivity contribution in [3.05, 3.63) is 0 Å². The van der Waals surface area contributed by atoms with Gasteiger partial charge in [-0.3, -0.25) is 24.7 Å². The number of nitrogens with one attached hydrogen (secondary N) is 3. The summed E-state index contributed by atoms with van der Waals surface area (Å²) >= 11 is 0. The largest absolute Gasteiger partial charge is 0.344 e. The molecule has 10 heteroatoms. The van der Waals surface area contributed by atoms with Crippen molar-refractivity contribution < 1.29 is 24.0 Å². The van der Waals surface area contributed by atoms with Gasteiger partial charge in [0.15, 0.2) is 0 Å². The Hall–Kier alpha value is -2.65. The number of hydrazine groups is 1. The van der Waals surface area contributed by atoms with Gasteiger partial charge in [-0.05, 0) is 25.7 Å². The molecular weight excluding hydrogens is 378 g/mol. The van der Waals surface area contributed by atoms with Gasteiger partial charge in [0, 0.05) is 0 Å². The second kappa shape index (κ2) is 8.00. The van der Waals surface area contributed by atoms with Crippen molar-refractivity contribution in [1.29, 1.82) is 0 Å². The summed E-state index contributed by atoms with van der Waals surface area (Å²) in [7, 11) is 0. The van der Waals surface area contributed by atoms with Crippen LogP contribution in [-0.2, 0) is 14.4 Å². The topological polar surface area (TPSA) is 128 Å². The van der Waals surface area contributed by atoms with E-state index in [4.69, 9.17) is 0 Å². The van der Waals surface area contributed by atoms with E-state index in [2.05, 4.69) is 16.1 Å². The van der Waals surface area contributed by atoms with E-state index in [1.165, 1.54) is 0 Å². The van der Waals surface area contributed by atoms with Gasteiger partial charge in [-0.2, -0.15) is 5.01 Å². The van der Waals surface area contributed by atoms with Crippen LogP contribution in [0.5, 0.6) is 0 Å². The molecule has 1 saturated carbocycles. The van der Waals surface area contributed by atoms with Crippen LogP contribution < -0.4 is 16.1 Å². The Morgan fingerprint density at radius 2 is 1.55 bits per heavy atom. The zero-order valence-electron chi connectivity index (χ0n) is 17.0. The lowest BCUT2D eigenvalue weighted by Gasteiger charge is -2.30. The third kappa shape index (κ3) is 3.67. The van der Waals surface area contributed by atoms with E-state index in [9.17, 15) is 24.0 Å². The molecule has 29 heavy (non-hydrogen) atoms. The maximum absolute atomic E-state index is 12.9. The van der Waals surface area contributed by atoms with E-state index in [-0.39, 0.29) is 0 Å². The SMILES string of the molecule is CCCC1(CCC)NC(=O)N(CC(=O)NN2C(=O)NC3(CCCCC3)C2=O)C1=O. The molecular formula is C19H29N5O5. The minimum absolute atomic E-state index is 0.442. The molecule has 2 aliphatic heterocycles. The Bertz CT molecular complexity index is 725. The van der Waals surface area contributed by atoms with Gasteiger partial charge in [0.2, 0.25) is 0 Å². The number of amides is 7. The summed E-state index contributed by atoms with van der Waals surface area (Å²) in [5.41, 5.74) is 0.319. The van der Waals surface area contributed by atoms with Gasteiger partial charge in [0.05, 0.1) is 0 Å². The molecule has 0 aromatic rings. The lowest BCUT2D eigenvalue weighted by molar-refractivity contribution is -0.141. The van der Waals surface area contributed by atoms with Crippen LogP contribution in [0.25, 0.3) is 0 Å². The zero-order valence-corrected chi connectivity index (χ0v) is 17.0. The summed E-state index contributed by atoms with van der Waals surface area (Å²) in [6.07, 6.45) is 6.10. The molecule has 2 heterocycles. The standard InChI is InChI=1S/C19H29N5O5/c1-3-8-18(9-4-2)14(26)23(16(28)20-18)12-13(25)22-24-15(27)19(21-17(24)29)10-6-5-7-11-19/h3-12H2,1-2H3,(H,20,28)(H,21,29)(H,22,25). The first kappa shape index (κ1) is 21.1. The Kier molecular flexibility index (Phi) is 5.81. The molecule has 2 saturated heterocycles. The van der Waals surface area contributed by atoms with Crippen molar-refractivity contribution in [3.63, 3.8) is 0 Å². The second-order valence-electron chi connectivity index (χ2n) is 8.15. The molecule has 1 aliphatic carbocycles. The van der Waals surface area contributed by atoms with Crippen molar-refractivity contribution >= 4 is 29.8 Å². The van der Waals surface area contributed by atoms with Crippen molar-refractivity contribution in [2.45, 2.75) is 82.7 Å². The Morgan fingerprint density at radius 1 is 0.931 bits per heavy atom. The highest BCUT2D eigenvalue weighted by Gasteiger charge is 2.53. The average molecular weight is 407 g/mol. The van der Waals surface area contributed by atoms with E-state index in [1.54, 1.807) is 0 Å². The van der Waals surface area contributed by atoms with Gasteiger partial charge < -0.3 is 10.6 Å². The molecule has 3 rings (SSSR count). The summed E-state index contributed by atoms with van der Waals surface area (Å²) in [4.78, 5) is 63.5. The van der Waals surface area contributed by atoms with Crippen molar-refractivity contribution in [3.8, 4) is 0 Å². The molecule has 10 nitrogen and oxygen atoms in total. The molecule has 0 aromatic heterocycles. The Labute approximate surface area is 169 Å². The van der Waals surface area contributed by atoms with E-state index in [0.29, 0.717) is 43.5 Å². The van der Waals surface area contributed by atoms with Crippen molar-refractivity contribution in [1.82, 2.24) is 26.0 Å². The Balaban J connectivity index is 1.66. The maximum atomic E-state index is 12.9. The normalized spacial score (nSPS) is 22.8.